The van der Waals surface area contributed by atoms with E-state index in [9.17, 15) is 9.59 Å². The van der Waals surface area contributed by atoms with Crippen LogP contribution in [0.5, 0.6) is 0 Å². The maximum absolute atomic E-state index is 13.8. The van der Waals surface area contributed by atoms with E-state index in [-0.39, 0.29) is 18.7 Å². The Kier molecular flexibility index (Phi) is 23.0. The molecule has 0 aromatic rings. The van der Waals surface area contributed by atoms with Crippen LogP contribution in [0, 0.1) is 0 Å². The van der Waals surface area contributed by atoms with Crippen molar-refractivity contribution in [1.82, 2.24) is 19.6 Å². The highest BCUT2D eigenvalue weighted by Crippen LogP contribution is 2.17. The Balaban J connectivity index is 3.06. The van der Waals surface area contributed by atoms with Gasteiger partial charge in [0.15, 0.2) is 0 Å². The average Bonchev–Trinajstić information content (AvgIpc) is 2.93. The van der Waals surface area contributed by atoms with Gasteiger partial charge >= 0.3 is 12.1 Å². The number of ether oxygens (including phenoxy) is 4. The van der Waals surface area contributed by atoms with Gasteiger partial charge in [-0.05, 0) is 55.6 Å². The molecule has 0 bridgehead atoms. The van der Waals surface area contributed by atoms with Crippen molar-refractivity contribution >= 4 is 62.6 Å². The summed E-state index contributed by atoms with van der Waals surface area (Å²) in [4.78, 5) is 34.5. The van der Waals surface area contributed by atoms with E-state index in [1.807, 2.05) is 6.92 Å². The van der Waals surface area contributed by atoms with Gasteiger partial charge in [-0.15, -0.1) is 0 Å². The maximum atomic E-state index is 13.8. The lowest BCUT2D eigenvalue weighted by Gasteiger charge is -2.45. The van der Waals surface area contributed by atoms with Crippen LogP contribution < -0.4 is 0 Å². The molecular weight excluding hydrogens is 581 g/mol. The van der Waals surface area contributed by atoms with Crippen molar-refractivity contribution in [3.8, 4) is 0 Å². The molecule has 0 aromatic heterocycles. The van der Waals surface area contributed by atoms with Crippen LogP contribution in [-0.4, -0.2) is 147 Å². The van der Waals surface area contributed by atoms with Crippen molar-refractivity contribution in [2.75, 3.05) is 109 Å². The molecule has 1 fully saturated rings. The topological polar surface area (TPSA) is 84.0 Å². The van der Waals surface area contributed by atoms with Crippen LogP contribution in [0.3, 0.4) is 0 Å². The molecule has 0 radical (unpaired) electrons. The number of carbonyl (C=O) groups is 2. The lowest BCUT2D eigenvalue weighted by Crippen LogP contribution is -2.64. The fourth-order valence-corrected chi connectivity index (χ4v) is 4.34. The molecule has 39 heavy (non-hydrogen) atoms. The zero-order valence-corrected chi connectivity index (χ0v) is 27.0. The number of hydrogen-bond donors (Lipinski definition) is 4. The van der Waals surface area contributed by atoms with E-state index >= 15 is 0 Å². The van der Waals surface area contributed by atoms with E-state index in [4.69, 9.17) is 18.9 Å². The Morgan fingerprint density at radius 2 is 0.872 bits per heavy atom. The van der Waals surface area contributed by atoms with Gasteiger partial charge in [0.05, 0.1) is 33.1 Å². The molecule has 0 atom stereocenters. The number of carbonyl (C=O) groups excluding carboxylic acids is 2. The van der Waals surface area contributed by atoms with Crippen LogP contribution in [-0.2, 0) is 18.9 Å². The molecular formula is C25H50N4O6S4. The summed E-state index contributed by atoms with van der Waals surface area (Å²) < 4.78 is 22.9. The second kappa shape index (κ2) is 24.4. The van der Waals surface area contributed by atoms with E-state index in [0.717, 1.165) is 48.7 Å². The first kappa shape index (κ1) is 36.8. The molecule has 0 N–H and O–H groups in total. The first-order chi connectivity index (χ1) is 19.0. The summed E-state index contributed by atoms with van der Waals surface area (Å²) in [6.45, 7) is 7.29. The number of amides is 4. The van der Waals surface area contributed by atoms with Crippen molar-refractivity contribution in [3.05, 3.63) is 0 Å². The van der Waals surface area contributed by atoms with Gasteiger partial charge < -0.3 is 38.5 Å². The minimum Gasteiger partial charge on any atom is -0.380 e. The van der Waals surface area contributed by atoms with E-state index < -0.39 is 6.17 Å². The highest BCUT2D eigenvalue weighted by molar-refractivity contribution is 7.80. The molecule has 0 aliphatic carbocycles. The lowest BCUT2D eigenvalue weighted by molar-refractivity contribution is -0.00500. The third kappa shape index (κ3) is 15.5. The third-order valence-corrected chi connectivity index (χ3v) is 7.29. The number of hydrogen-bond acceptors (Lipinski definition) is 10. The van der Waals surface area contributed by atoms with Gasteiger partial charge in [-0.1, -0.05) is 0 Å². The number of nitrogens with zero attached hydrogens (tertiary/aromatic N) is 4. The second-order valence-corrected chi connectivity index (χ2v) is 10.8. The van der Waals surface area contributed by atoms with Crippen molar-refractivity contribution in [3.63, 3.8) is 0 Å². The number of urea groups is 2. The molecule has 0 spiro atoms. The lowest BCUT2D eigenvalue weighted by atomic mass is 10.3. The molecule has 14 heteroatoms. The Hall–Kier alpha value is -0.220. The van der Waals surface area contributed by atoms with Gasteiger partial charge in [-0.3, -0.25) is 0 Å². The van der Waals surface area contributed by atoms with Gasteiger partial charge in [0.1, 0.15) is 6.17 Å². The minimum atomic E-state index is -0.493. The second-order valence-electron chi connectivity index (χ2n) is 9.01. The highest BCUT2D eigenvalue weighted by atomic mass is 32.1. The summed E-state index contributed by atoms with van der Waals surface area (Å²) in [5, 5.41) is 0. The SMILES string of the molecule is CC1N(CCOCCCS)C(=O)N(CCOCCCS)CN(CCOCCCS)C(=O)N1CCOCCCS. The van der Waals surface area contributed by atoms with Crippen LogP contribution in [0.25, 0.3) is 0 Å². The van der Waals surface area contributed by atoms with Crippen molar-refractivity contribution in [2.45, 2.75) is 38.8 Å². The summed E-state index contributed by atoms with van der Waals surface area (Å²) >= 11 is 16.9. The highest BCUT2D eigenvalue weighted by Gasteiger charge is 2.37. The molecule has 1 heterocycles. The summed E-state index contributed by atoms with van der Waals surface area (Å²) in [5.41, 5.74) is 0. The zero-order valence-electron chi connectivity index (χ0n) is 23.5. The Labute approximate surface area is 257 Å². The third-order valence-electron chi connectivity index (χ3n) is 6.03. The molecule has 0 aromatic carbocycles. The van der Waals surface area contributed by atoms with Crippen LogP contribution in [0.4, 0.5) is 9.59 Å². The molecule has 1 aliphatic rings. The van der Waals surface area contributed by atoms with Gasteiger partial charge in [0.25, 0.3) is 0 Å². The molecule has 1 rings (SSSR count). The van der Waals surface area contributed by atoms with E-state index in [1.165, 1.54) is 0 Å². The molecule has 4 amide bonds. The smallest absolute Gasteiger partial charge is 0.323 e. The Morgan fingerprint density at radius 1 is 0.564 bits per heavy atom. The molecule has 10 nitrogen and oxygen atoms in total. The average molecular weight is 631 g/mol. The molecule has 230 valence electrons. The molecule has 0 unspecified atom stereocenters. The summed E-state index contributed by atoms with van der Waals surface area (Å²) in [5.74, 6) is 2.96. The normalized spacial score (nSPS) is 15.4. The van der Waals surface area contributed by atoms with Crippen LogP contribution >= 0.6 is 50.5 Å². The minimum absolute atomic E-state index is 0.143. The summed E-state index contributed by atoms with van der Waals surface area (Å²) in [6.07, 6.45) is 2.85. The summed E-state index contributed by atoms with van der Waals surface area (Å²) in [6, 6.07) is -0.319. The number of thiol groups is 4. The van der Waals surface area contributed by atoms with E-state index in [1.54, 1.807) is 19.6 Å². The van der Waals surface area contributed by atoms with Crippen LogP contribution in [0.1, 0.15) is 32.6 Å². The maximum Gasteiger partial charge on any atom is 0.323 e. The van der Waals surface area contributed by atoms with Crippen molar-refractivity contribution in [1.29, 1.82) is 0 Å². The predicted octanol–water partition coefficient (Wildman–Crippen LogP) is 3.10. The summed E-state index contributed by atoms with van der Waals surface area (Å²) in [7, 11) is 0. The van der Waals surface area contributed by atoms with Crippen molar-refractivity contribution < 1.29 is 28.5 Å². The van der Waals surface area contributed by atoms with Crippen LogP contribution in [0.15, 0.2) is 0 Å². The van der Waals surface area contributed by atoms with Gasteiger partial charge in [-0.25, -0.2) is 9.59 Å². The zero-order chi connectivity index (χ0) is 28.7. The Bertz CT molecular complexity index is 593. The monoisotopic (exact) mass is 630 g/mol. The molecule has 1 aliphatic heterocycles. The van der Waals surface area contributed by atoms with E-state index in [2.05, 4.69) is 50.5 Å². The van der Waals surface area contributed by atoms with Crippen LogP contribution in [0.2, 0.25) is 0 Å². The fourth-order valence-electron chi connectivity index (χ4n) is 3.83. The first-order valence-electron chi connectivity index (χ1n) is 13.9. The molecule has 1 saturated heterocycles. The quantitative estimate of drug-likeness (QED) is 0.0970. The fraction of sp³-hybridized carbons (Fsp3) is 0.920. The Morgan fingerprint density at radius 3 is 1.18 bits per heavy atom. The van der Waals surface area contributed by atoms with Gasteiger partial charge in [0.2, 0.25) is 0 Å². The van der Waals surface area contributed by atoms with E-state index in [0.29, 0.717) is 79.0 Å². The largest absolute Gasteiger partial charge is 0.380 e. The predicted molar refractivity (Wildman–Crippen MR) is 169 cm³/mol. The standard InChI is InChI=1S/C25H50N4O6S4/c1-23-28(8-16-34-12-4-20-38)24(30)26(6-14-32-10-2-18-36)22-27(7-15-33-11-3-19-37)25(31)29(23)9-17-35-13-5-21-39/h23,36-39H,2-22H2,1H3. The number of rotatable bonds is 24. The first-order valence-corrected chi connectivity index (χ1v) is 16.4. The molecule has 0 saturated carbocycles. The van der Waals surface area contributed by atoms with Gasteiger partial charge in [-0.2, -0.15) is 50.5 Å². The van der Waals surface area contributed by atoms with Gasteiger partial charge in [0, 0.05) is 52.6 Å². The van der Waals surface area contributed by atoms with Crippen molar-refractivity contribution in [2.24, 2.45) is 0 Å².